The molecule has 0 atom stereocenters. The summed E-state index contributed by atoms with van der Waals surface area (Å²) in [4.78, 5) is 11.5. The van der Waals surface area contributed by atoms with Crippen molar-refractivity contribution in [1.29, 1.82) is 0 Å². The van der Waals surface area contributed by atoms with E-state index in [4.69, 9.17) is 32.4 Å². The highest BCUT2D eigenvalue weighted by Crippen LogP contribution is 2.27. The second kappa shape index (κ2) is 8.78. The summed E-state index contributed by atoms with van der Waals surface area (Å²) < 4.78 is 10.7. The first-order valence-corrected chi connectivity index (χ1v) is 9.33. The summed E-state index contributed by atoms with van der Waals surface area (Å²) in [6.07, 6.45) is -0.0409. The molecule has 0 fully saturated rings. The van der Waals surface area contributed by atoms with Crippen LogP contribution in [-0.4, -0.2) is 28.4 Å². The Morgan fingerprint density at radius 3 is 2.72 bits per heavy atom. The first-order chi connectivity index (χ1) is 11.7. The van der Waals surface area contributed by atoms with Gasteiger partial charge in [-0.05, 0) is 38.5 Å². The zero-order valence-corrected chi connectivity index (χ0v) is 16.5. The Morgan fingerprint density at radius 1 is 1.28 bits per heavy atom. The highest BCUT2D eigenvalue weighted by atomic mass is 35.5. The van der Waals surface area contributed by atoms with E-state index in [9.17, 15) is 4.79 Å². The van der Waals surface area contributed by atoms with Crippen molar-refractivity contribution in [2.45, 2.75) is 43.8 Å². The number of carbonyl (C=O) groups excluding carboxylic acids is 1. The Morgan fingerprint density at radius 2 is 2.04 bits per heavy atom. The van der Waals surface area contributed by atoms with Gasteiger partial charge in [0, 0.05) is 18.7 Å². The van der Waals surface area contributed by atoms with E-state index in [0.717, 1.165) is 5.56 Å². The number of hydrogen-bond donors (Lipinski definition) is 1. The molecule has 0 aliphatic rings. The van der Waals surface area contributed by atoms with Gasteiger partial charge >= 0.3 is 6.09 Å². The van der Waals surface area contributed by atoms with E-state index >= 15 is 0 Å². The number of alkyl carbamates (subject to hydrolysis) is 1. The molecule has 0 radical (unpaired) electrons. The number of rotatable bonds is 6. The van der Waals surface area contributed by atoms with E-state index in [0.29, 0.717) is 39.9 Å². The molecule has 1 aromatic carbocycles. The molecule has 1 heterocycles. The third kappa shape index (κ3) is 7.13. The van der Waals surface area contributed by atoms with Gasteiger partial charge in [0.15, 0.2) is 0 Å². The lowest BCUT2D eigenvalue weighted by atomic mass is 10.2. The van der Waals surface area contributed by atoms with Crippen LogP contribution >= 0.6 is 35.0 Å². The summed E-state index contributed by atoms with van der Waals surface area (Å²) in [5, 5.41) is 12.1. The van der Waals surface area contributed by atoms with Gasteiger partial charge in [-0.2, -0.15) is 0 Å². The molecule has 2 rings (SSSR count). The molecule has 136 valence electrons. The van der Waals surface area contributed by atoms with Gasteiger partial charge in [0.25, 0.3) is 5.22 Å². The Kier molecular flexibility index (Phi) is 6.98. The molecule has 9 heteroatoms. The van der Waals surface area contributed by atoms with Crippen LogP contribution < -0.4 is 5.32 Å². The summed E-state index contributed by atoms with van der Waals surface area (Å²) >= 11 is 13.3. The van der Waals surface area contributed by atoms with Gasteiger partial charge < -0.3 is 14.5 Å². The first kappa shape index (κ1) is 19.9. The predicted molar refractivity (Wildman–Crippen MR) is 98.3 cm³/mol. The summed E-state index contributed by atoms with van der Waals surface area (Å²) in [5.74, 6) is 1.09. The maximum atomic E-state index is 11.5. The summed E-state index contributed by atoms with van der Waals surface area (Å²) in [6.45, 7) is 5.78. The molecule has 0 spiro atoms. The minimum absolute atomic E-state index is 0.355. The van der Waals surface area contributed by atoms with Crippen molar-refractivity contribution in [3.05, 3.63) is 39.7 Å². The van der Waals surface area contributed by atoms with E-state index in [-0.39, 0.29) is 0 Å². The molecule has 0 unspecified atom stereocenters. The highest BCUT2D eigenvalue weighted by Gasteiger charge is 2.16. The molecule has 0 aliphatic heterocycles. The Bertz CT molecular complexity index is 732. The molecule has 6 nitrogen and oxygen atoms in total. The molecule has 1 amide bonds. The molecule has 1 aromatic heterocycles. The van der Waals surface area contributed by atoms with Crippen LogP contribution in [0.5, 0.6) is 0 Å². The van der Waals surface area contributed by atoms with Gasteiger partial charge in [0.05, 0.1) is 10.0 Å². The molecule has 0 saturated heterocycles. The largest absolute Gasteiger partial charge is 0.444 e. The Hall–Kier alpha value is -1.44. The smallest absolute Gasteiger partial charge is 0.407 e. The van der Waals surface area contributed by atoms with Crippen LogP contribution in [0.3, 0.4) is 0 Å². The fraction of sp³-hybridized carbons (Fsp3) is 0.438. The van der Waals surface area contributed by atoms with Crippen molar-refractivity contribution in [3.63, 3.8) is 0 Å². The number of nitrogens with one attached hydrogen (secondary N) is 1. The average molecular weight is 404 g/mol. The highest BCUT2D eigenvalue weighted by molar-refractivity contribution is 7.98. The molecular weight excluding hydrogens is 385 g/mol. The number of carbonyl (C=O) groups is 1. The molecule has 0 aliphatic carbocycles. The number of aromatic nitrogens is 2. The second-order valence-corrected chi connectivity index (χ2v) is 7.92. The normalized spacial score (nSPS) is 11.4. The van der Waals surface area contributed by atoms with Crippen LogP contribution in [0.25, 0.3) is 0 Å². The van der Waals surface area contributed by atoms with Crippen molar-refractivity contribution in [2.24, 2.45) is 0 Å². The number of benzene rings is 1. The van der Waals surface area contributed by atoms with Crippen LogP contribution in [0, 0.1) is 0 Å². The number of amides is 1. The van der Waals surface area contributed by atoms with Gasteiger partial charge in [-0.25, -0.2) is 4.79 Å². The van der Waals surface area contributed by atoms with Crippen LogP contribution in [0.15, 0.2) is 27.8 Å². The van der Waals surface area contributed by atoms with Gasteiger partial charge in [0.2, 0.25) is 5.89 Å². The zero-order chi connectivity index (χ0) is 18.4. The maximum Gasteiger partial charge on any atom is 0.407 e. The monoisotopic (exact) mass is 403 g/mol. The number of thioether (sulfide) groups is 1. The maximum absolute atomic E-state index is 11.5. The van der Waals surface area contributed by atoms with E-state index in [2.05, 4.69) is 15.5 Å². The topological polar surface area (TPSA) is 77.2 Å². The minimum atomic E-state index is -0.525. The zero-order valence-electron chi connectivity index (χ0n) is 14.1. The third-order valence-electron chi connectivity index (χ3n) is 2.80. The minimum Gasteiger partial charge on any atom is -0.444 e. The Labute approximate surface area is 160 Å². The van der Waals surface area contributed by atoms with Gasteiger partial charge in [-0.1, -0.05) is 41.0 Å². The Balaban J connectivity index is 1.76. The molecule has 0 bridgehead atoms. The molecular formula is C16H19Cl2N3O3S. The van der Waals surface area contributed by atoms with Gasteiger partial charge in [-0.3, -0.25) is 0 Å². The quantitative estimate of drug-likeness (QED) is 0.701. The SMILES string of the molecule is CC(C)(C)OC(=O)NCCc1nnc(SCc2ccc(Cl)c(Cl)c2)o1. The molecule has 2 aromatic rings. The van der Waals surface area contributed by atoms with Crippen molar-refractivity contribution in [3.8, 4) is 0 Å². The second-order valence-electron chi connectivity index (χ2n) is 6.18. The van der Waals surface area contributed by atoms with Crippen LogP contribution in [0.2, 0.25) is 10.0 Å². The van der Waals surface area contributed by atoms with Crippen LogP contribution in [0.4, 0.5) is 4.79 Å². The number of hydrogen-bond acceptors (Lipinski definition) is 6. The fourth-order valence-electron chi connectivity index (χ4n) is 1.76. The summed E-state index contributed by atoms with van der Waals surface area (Å²) in [6, 6.07) is 5.45. The standard InChI is InChI=1S/C16H19Cl2N3O3S/c1-16(2,3)24-14(22)19-7-6-13-20-21-15(23-13)25-9-10-4-5-11(17)12(18)8-10/h4-5,8H,6-7,9H2,1-3H3,(H,19,22). The van der Waals surface area contributed by atoms with Gasteiger partial charge in [-0.15, -0.1) is 10.2 Å². The molecule has 0 saturated carbocycles. The van der Waals surface area contributed by atoms with Crippen molar-refractivity contribution in [2.75, 3.05) is 6.54 Å². The lowest BCUT2D eigenvalue weighted by Gasteiger charge is -2.19. The van der Waals surface area contributed by atoms with Gasteiger partial charge in [0.1, 0.15) is 5.60 Å². The molecule has 25 heavy (non-hydrogen) atoms. The summed E-state index contributed by atoms with van der Waals surface area (Å²) in [5.41, 5.74) is 0.480. The van der Waals surface area contributed by atoms with Crippen molar-refractivity contribution >= 4 is 41.1 Å². The van der Waals surface area contributed by atoms with Crippen LogP contribution in [0.1, 0.15) is 32.2 Å². The van der Waals surface area contributed by atoms with Crippen molar-refractivity contribution < 1.29 is 13.9 Å². The van der Waals surface area contributed by atoms with E-state index < -0.39 is 11.7 Å². The first-order valence-electron chi connectivity index (χ1n) is 7.59. The lowest BCUT2D eigenvalue weighted by molar-refractivity contribution is 0.0528. The van der Waals surface area contributed by atoms with E-state index in [1.807, 2.05) is 26.8 Å². The fourth-order valence-corrected chi connectivity index (χ4v) is 2.80. The number of nitrogens with zero attached hydrogens (tertiary/aromatic N) is 2. The van der Waals surface area contributed by atoms with Crippen molar-refractivity contribution in [1.82, 2.24) is 15.5 Å². The molecule has 1 N–H and O–H groups in total. The average Bonchev–Trinajstić information content (AvgIpc) is 2.94. The predicted octanol–water partition coefficient (Wildman–Crippen LogP) is 4.74. The van der Waals surface area contributed by atoms with E-state index in [1.54, 1.807) is 12.1 Å². The van der Waals surface area contributed by atoms with Crippen LogP contribution in [-0.2, 0) is 16.9 Å². The summed E-state index contributed by atoms with van der Waals surface area (Å²) in [7, 11) is 0. The number of ether oxygens (including phenoxy) is 1. The third-order valence-corrected chi connectivity index (χ3v) is 4.43. The lowest BCUT2D eigenvalue weighted by Crippen LogP contribution is -2.33. The number of halogens is 2. The van der Waals surface area contributed by atoms with E-state index in [1.165, 1.54) is 11.8 Å².